The molecule has 4 aromatic rings. The smallest absolute Gasteiger partial charge is 0.174 e. The molecule has 0 unspecified atom stereocenters. The Morgan fingerprint density at radius 1 is 0.864 bits per heavy atom. The van der Waals surface area contributed by atoms with Gasteiger partial charge in [-0.15, -0.1) is 0 Å². The summed E-state index contributed by atoms with van der Waals surface area (Å²) in [7, 11) is 0. The maximum absolute atomic E-state index is 5.57. The van der Waals surface area contributed by atoms with Crippen molar-refractivity contribution >= 4 is 10.9 Å². The minimum absolute atomic E-state index is 0.787. The SMILES string of the molecule is Cc1noc(-c2ccccc2)c1-c1cnc2ccccc2c1. The molecule has 3 heteroatoms. The number of para-hydroxylation sites is 1. The summed E-state index contributed by atoms with van der Waals surface area (Å²) < 4.78 is 5.57. The molecule has 0 aliphatic carbocycles. The maximum atomic E-state index is 5.57. The van der Waals surface area contributed by atoms with E-state index in [2.05, 4.69) is 22.3 Å². The monoisotopic (exact) mass is 286 g/mol. The standard InChI is InChI=1S/C19H14N2O/c1-13-18(19(22-21-13)14-7-3-2-4-8-14)16-11-15-9-5-6-10-17(15)20-12-16/h2-12H,1H3. The van der Waals surface area contributed by atoms with E-state index in [1.54, 1.807) is 0 Å². The Morgan fingerprint density at radius 3 is 2.50 bits per heavy atom. The number of rotatable bonds is 2. The van der Waals surface area contributed by atoms with Crippen LogP contribution in [-0.4, -0.2) is 10.1 Å². The van der Waals surface area contributed by atoms with Crippen molar-refractivity contribution in [2.24, 2.45) is 0 Å². The Balaban J connectivity index is 1.93. The van der Waals surface area contributed by atoms with Crippen LogP contribution in [0.5, 0.6) is 0 Å². The van der Waals surface area contributed by atoms with Crippen molar-refractivity contribution in [1.29, 1.82) is 0 Å². The zero-order valence-corrected chi connectivity index (χ0v) is 12.2. The number of benzene rings is 2. The normalized spacial score (nSPS) is 11.0. The molecule has 0 bridgehead atoms. The lowest BCUT2D eigenvalue weighted by atomic mass is 10.00. The Kier molecular flexibility index (Phi) is 2.97. The van der Waals surface area contributed by atoms with E-state index in [0.717, 1.165) is 39.0 Å². The highest BCUT2D eigenvalue weighted by Crippen LogP contribution is 2.35. The van der Waals surface area contributed by atoms with Gasteiger partial charge in [0.1, 0.15) is 0 Å². The van der Waals surface area contributed by atoms with Crippen LogP contribution in [0.1, 0.15) is 5.69 Å². The first kappa shape index (κ1) is 12.8. The van der Waals surface area contributed by atoms with E-state index in [0.29, 0.717) is 0 Å². The Labute approximate surface area is 128 Å². The van der Waals surface area contributed by atoms with Crippen molar-refractivity contribution in [3.8, 4) is 22.5 Å². The summed E-state index contributed by atoms with van der Waals surface area (Å²) in [6.45, 7) is 1.96. The number of nitrogens with zero attached hydrogens (tertiary/aromatic N) is 2. The lowest BCUT2D eigenvalue weighted by molar-refractivity contribution is 0.427. The van der Waals surface area contributed by atoms with Crippen LogP contribution >= 0.6 is 0 Å². The second-order valence-corrected chi connectivity index (χ2v) is 5.25. The fourth-order valence-corrected chi connectivity index (χ4v) is 2.70. The first-order chi connectivity index (χ1) is 10.8. The van der Waals surface area contributed by atoms with Gasteiger partial charge in [0.2, 0.25) is 0 Å². The number of aryl methyl sites for hydroxylation is 1. The number of hydrogen-bond donors (Lipinski definition) is 0. The molecular weight excluding hydrogens is 272 g/mol. The second kappa shape index (κ2) is 5.11. The van der Waals surface area contributed by atoms with E-state index in [-0.39, 0.29) is 0 Å². The van der Waals surface area contributed by atoms with Gasteiger partial charge in [-0.3, -0.25) is 4.98 Å². The van der Waals surface area contributed by atoms with E-state index in [4.69, 9.17) is 4.52 Å². The lowest BCUT2D eigenvalue weighted by Gasteiger charge is -2.04. The molecule has 106 valence electrons. The van der Waals surface area contributed by atoms with Crippen molar-refractivity contribution in [2.45, 2.75) is 6.92 Å². The molecule has 0 N–H and O–H groups in total. The van der Waals surface area contributed by atoms with Gasteiger partial charge in [-0.1, -0.05) is 53.7 Å². The van der Waals surface area contributed by atoms with Crippen LogP contribution in [0.4, 0.5) is 0 Å². The number of hydrogen-bond acceptors (Lipinski definition) is 3. The lowest BCUT2D eigenvalue weighted by Crippen LogP contribution is -1.86. The predicted octanol–water partition coefficient (Wildman–Crippen LogP) is 4.87. The van der Waals surface area contributed by atoms with Gasteiger partial charge >= 0.3 is 0 Å². The molecule has 2 aromatic carbocycles. The van der Waals surface area contributed by atoms with Gasteiger partial charge < -0.3 is 4.52 Å². The molecule has 0 aliphatic heterocycles. The summed E-state index contributed by atoms with van der Waals surface area (Å²) in [5.74, 6) is 0.787. The molecule has 2 heterocycles. The van der Waals surface area contributed by atoms with Crippen molar-refractivity contribution in [3.63, 3.8) is 0 Å². The largest absolute Gasteiger partial charge is 0.355 e. The van der Waals surface area contributed by atoms with E-state index in [1.165, 1.54) is 0 Å². The van der Waals surface area contributed by atoms with Crippen molar-refractivity contribution in [1.82, 2.24) is 10.1 Å². The van der Waals surface area contributed by atoms with Gasteiger partial charge in [0.25, 0.3) is 0 Å². The van der Waals surface area contributed by atoms with Crippen LogP contribution in [0.15, 0.2) is 71.4 Å². The Hall–Kier alpha value is -2.94. The van der Waals surface area contributed by atoms with Crippen LogP contribution in [0.2, 0.25) is 0 Å². The van der Waals surface area contributed by atoms with Gasteiger partial charge in [0, 0.05) is 22.7 Å². The molecule has 0 spiro atoms. The van der Waals surface area contributed by atoms with Gasteiger partial charge in [-0.25, -0.2) is 0 Å². The number of pyridine rings is 1. The highest BCUT2D eigenvalue weighted by molar-refractivity contribution is 5.87. The summed E-state index contributed by atoms with van der Waals surface area (Å²) in [6.07, 6.45) is 1.88. The van der Waals surface area contributed by atoms with Gasteiger partial charge in [0.05, 0.1) is 16.8 Å². The minimum Gasteiger partial charge on any atom is -0.355 e. The number of fused-ring (bicyclic) bond motifs is 1. The van der Waals surface area contributed by atoms with Crippen LogP contribution < -0.4 is 0 Å². The molecule has 22 heavy (non-hydrogen) atoms. The van der Waals surface area contributed by atoms with Crippen LogP contribution in [0.3, 0.4) is 0 Å². The second-order valence-electron chi connectivity index (χ2n) is 5.25. The third kappa shape index (κ3) is 2.07. The Bertz CT molecular complexity index is 942. The minimum atomic E-state index is 0.787. The average molecular weight is 286 g/mol. The summed E-state index contributed by atoms with van der Waals surface area (Å²) in [5, 5.41) is 5.26. The topological polar surface area (TPSA) is 38.9 Å². The fourth-order valence-electron chi connectivity index (χ4n) is 2.70. The molecular formula is C19H14N2O. The summed E-state index contributed by atoms with van der Waals surface area (Å²) in [6, 6.07) is 20.3. The molecule has 0 aliphatic rings. The molecule has 0 saturated carbocycles. The Morgan fingerprint density at radius 2 is 1.64 bits per heavy atom. The fraction of sp³-hybridized carbons (Fsp3) is 0.0526. The van der Waals surface area contributed by atoms with Crippen molar-refractivity contribution < 1.29 is 4.52 Å². The van der Waals surface area contributed by atoms with E-state index in [9.17, 15) is 0 Å². The zero-order chi connectivity index (χ0) is 14.9. The third-order valence-electron chi connectivity index (χ3n) is 3.78. The zero-order valence-electron chi connectivity index (χ0n) is 12.2. The summed E-state index contributed by atoms with van der Waals surface area (Å²) in [5.41, 5.74) is 4.91. The summed E-state index contributed by atoms with van der Waals surface area (Å²) in [4.78, 5) is 4.54. The predicted molar refractivity (Wildman–Crippen MR) is 87.4 cm³/mol. The van der Waals surface area contributed by atoms with Crippen LogP contribution in [0, 0.1) is 6.92 Å². The highest BCUT2D eigenvalue weighted by atomic mass is 16.5. The summed E-state index contributed by atoms with van der Waals surface area (Å²) >= 11 is 0. The molecule has 0 radical (unpaired) electrons. The molecule has 0 amide bonds. The molecule has 0 fully saturated rings. The van der Waals surface area contributed by atoms with Gasteiger partial charge in [-0.2, -0.15) is 0 Å². The van der Waals surface area contributed by atoms with Crippen molar-refractivity contribution in [3.05, 3.63) is 72.6 Å². The van der Waals surface area contributed by atoms with Crippen LogP contribution in [-0.2, 0) is 0 Å². The molecule has 3 nitrogen and oxygen atoms in total. The molecule has 0 saturated heterocycles. The van der Waals surface area contributed by atoms with E-state index >= 15 is 0 Å². The first-order valence-electron chi connectivity index (χ1n) is 7.20. The average Bonchev–Trinajstić information content (AvgIpc) is 2.97. The van der Waals surface area contributed by atoms with Gasteiger partial charge in [-0.05, 0) is 19.1 Å². The van der Waals surface area contributed by atoms with Crippen molar-refractivity contribution in [2.75, 3.05) is 0 Å². The first-order valence-corrected chi connectivity index (χ1v) is 7.20. The van der Waals surface area contributed by atoms with E-state index < -0.39 is 0 Å². The molecule has 2 aromatic heterocycles. The molecule has 0 atom stereocenters. The molecule has 4 rings (SSSR count). The maximum Gasteiger partial charge on any atom is 0.174 e. The quantitative estimate of drug-likeness (QED) is 0.528. The van der Waals surface area contributed by atoms with E-state index in [1.807, 2.05) is 61.7 Å². The highest BCUT2D eigenvalue weighted by Gasteiger charge is 2.17. The van der Waals surface area contributed by atoms with Crippen LogP contribution in [0.25, 0.3) is 33.4 Å². The number of aromatic nitrogens is 2. The van der Waals surface area contributed by atoms with Gasteiger partial charge in [0.15, 0.2) is 5.76 Å². The third-order valence-corrected chi connectivity index (χ3v) is 3.78.